The van der Waals surface area contributed by atoms with Gasteiger partial charge in [-0.05, 0) is 6.42 Å². The highest BCUT2D eigenvalue weighted by atomic mass is 16.5. The summed E-state index contributed by atoms with van der Waals surface area (Å²) in [7, 11) is 1.64. The molecule has 0 atom stereocenters. The zero-order valence-electron chi connectivity index (χ0n) is 9.66. The van der Waals surface area contributed by atoms with Gasteiger partial charge in [0.1, 0.15) is 5.78 Å². The fraction of sp³-hybridized carbons (Fsp3) is 0.615. The van der Waals surface area contributed by atoms with Crippen LogP contribution >= 0.6 is 0 Å². The Balaban J connectivity index is 2.53. The molecule has 0 aromatic carbocycles. The highest BCUT2D eigenvalue weighted by Gasteiger charge is 2.33. The van der Waals surface area contributed by atoms with Crippen LogP contribution in [0, 0.1) is 5.41 Å². The summed E-state index contributed by atoms with van der Waals surface area (Å²) in [5, 5.41) is 0. The Kier molecular flexibility index (Phi) is 4.76. The highest BCUT2D eigenvalue weighted by molar-refractivity contribution is 5.89. The van der Waals surface area contributed by atoms with Crippen LogP contribution in [0.5, 0.6) is 0 Å². The Morgan fingerprint density at radius 1 is 1.27 bits per heavy atom. The van der Waals surface area contributed by atoms with Crippen LogP contribution in [0.25, 0.3) is 0 Å². The molecular formula is C13H20O2. The van der Waals surface area contributed by atoms with Crippen LogP contribution in [-0.4, -0.2) is 19.5 Å². The van der Waals surface area contributed by atoms with E-state index in [1.54, 1.807) is 7.11 Å². The van der Waals surface area contributed by atoms with Gasteiger partial charge < -0.3 is 4.74 Å². The van der Waals surface area contributed by atoms with Crippen LogP contribution in [0.4, 0.5) is 0 Å². The first-order chi connectivity index (χ1) is 7.25. The molecule has 0 aliphatic heterocycles. The lowest BCUT2D eigenvalue weighted by Crippen LogP contribution is -2.30. The number of carbonyl (C=O) groups is 1. The van der Waals surface area contributed by atoms with Crippen molar-refractivity contribution in [3.05, 3.63) is 24.3 Å². The summed E-state index contributed by atoms with van der Waals surface area (Å²) in [6, 6.07) is 0. The molecule has 84 valence electrons. The number of ketones is 1. The Morgan fingerprint density at radius 2 is 1.93 bits per heavy atom. The summed E-state index contributed by atoms with van der Waals surface area (Å²) in [5.74, 6) is 0.280. The lowest BCUT2D eigenvalue weighted by Gasteiger charge is -2.22. The lowest BCUT2D eigenvalue weighted by atomic mass is 9.83. The average molecular weight is 208 g/mol. The van der Waals surface area contributed by atoms with Gasteiger partial charge in [0, 0.05) is 13.5 Å². The summed E-state index contributed by atoms with van der Waals surface area (Å²) in [6.45, 7) is 2.61. The normalized spacial score (nSPS) is 17.2. The third kappa shape index (κ3) is 3.03. The van der Waals surface area contributed by atoms with Crippen LogP contribution in [0.2, 0.25) is 0 Å². The van der Waals surface area contributed by atoms with Crippen molar-refractivity contribution in [3.8, 4) is 0 Å². The van der Waals surface area contributed by atoms with Crippen LogP contribution < -0.4 is 0 Å². The number of allylic oxidation sites excluding steroid dienone is 2. The molecule has 1 aliphatic rings. The van der Waals surface area contributed by atoms with Crippen LogP contribution in [0.15, 0.2) is 24.3 Å². The second-order valence-electron chi connectivity index (χ2n) is 4.07. The fourth-order valence-corrected chi connectivity index (χ4v) is 1.88. The molecule has 0 amide bonds. The maximum atomic E-state index is 12.0. The van der Waals surface area contributed by atoms with Gasteiger partial charge in [-0.2, -0.15) is 0 Å². The van der Waals surface area contributed by atoms with Crippen LogP contribution in [0.3, 0.4) is 0 Å². The molecule has 2 nitrogen and oxygen atoms in total. The summed E-state index contributed by atoms with van der Waals surface area (Å²) in [6.07, 6.45) is 11.7. The van der Waals surface area contributed by atoms with E-state index >= 15 is 0 Å². The van der Waals surface area contributed by atoms with E-state index in [4.69, 9.17) is 4.74 Å². The second kappa shape index (κ2) is 5.86. The van der Waals surface area contributed by atoms with Gasteiger partial charge in [-0.25, -0.2) is 0 Å². The van der Waals surface area contributed by atoms with Crippen LogP contribution in [0.1, 0.15) is 32.6 Å². The molecule has 15 heavy (non-hydrogen) atoms. The molecule has 0 aromatic heterocycles. The molecule has 1 rings (SSSR count). The minimum atomic E-state index is -0.470. The summed E-state index contributed by atoms with van der Waals surface area (Å²) < 4.78 is 5.13. The molecule has 2 heteroatoms. The van der Waals surface area contributed by atoms with Crippen molar-refractivity contribution in [2.24, 2.45) is 5.41 Å². The average Bonchev–Trinajstić information content (AvgIpc) is 2.68. The van der Waals surface area contributed by atoms with Gasteiger partial charge in [0.05, 0.1) is 12.0 Å². The Labute approximate surface area is 92.0 Å². The van der Waals surface area contributed by atoms with Gasteiger partial charge in [0.2, 0.25) is 0 Å². The molecule has 0 bridgehead atoms. The molecule has 0 spiro atoms. The van der Waals surface area contributed by atoms with E-state index in [0.717, 1.165) is 19.3 Å². The number of hydrogen-bond acceptors (Lipinski definition) is 2. The zero-order chi connectivity index (χ0) is 11.1. The molecule has 1 aliphatic carbocycles. The van der Waals surface area contributed by atoms with E-state index < -0.39 is 5.41 Å². The van der Waals surface area contributed by atoms with E-state index in [9.17, 15) is 4.79 Å². The molecule has 0 saturated carbocycles. The molecule has 0 radical (unpaired) electrons. The number of hydrogen-bond donors (Lipinski definition) is 0. The monoisotopic (exact) mass is 208 g/mol. The van der Waals surface area contributed by atoms with Gasteiger partial charge in [-0.3, -0.25) is 4.79 Å². The minimum absolute atomic E-state index is 0.280. The van der Waals surface area contributed by atoms with Crippen molar-refractivity contribution < 1.29 is 9.53 Å². The van der Waals surface area contributed by atoms with E-state index in [1.165, 1.54) is 0 Å². The fourth-order valence-electron chi connectivity index (χ4n) is 1.88. The topological polar surface area (TPSA) is 26.3 Å². The van der Waals surface area contributed by atoms with E-state index in [1.807, 2.05) is 24.3 Å². The number of Topliss-reactive ketones (excluding diaryl/α,β-unsaturated/α-hetero) is 1. The first-order valence-corrected chi connectivity index (χ1v) is 5.64. The van der Waals surface area contributed by atoms with E-state index in [2.05, 4.69) is 6.92 Å². The molecule has 0 saturated heterocycles. The Bertz CT molecular complexity index is 252. The quantitative estimate of drug-likeness (QED) is 0.601. The molecule has 0 fully saturated rings. The van der Waals surface area contributed by atoms with Gasteiger partial charge in [-0.15, -0.1) is 0 Å². The Morgan fingerprint density at radius 3 is 2.47 bits per heavy atom. The first kappa shape index (κ1) is 12.2. The van der Waals surface area contributed by atoms with Crippen molar-refractivity contribution in [2.75, 3.05) is 13.7 Å². The smallest absolute Gasteiger partial charge is 0.148 e. The van der Waals surface area contributed by atoms with Crippen molar-refractivity contribution in [2.45, 2.75) is 32.6 Å². The predicted molar refractivity (Wildman–Crippen MR) is 61.7 cm³/mol. The molecule has 0 N–H and O–H groups in total. The lowest BCUT2D eigenvalue weighted by molar-refractivity contribution is -0.126. The maximum Gasteiger partial charge on any atom is 0.148 e. The molecule has 0 unspecified atom stereocenters. The number of ether oxygens (including phenoxy) is 1. The third-order valence-corrected chi connectivity index (χ3v) is 2.81. The zero-order valence-corrected chi connectivity index (χ0v) is 9.66. The summed E-state index contributed by atoms with van der Waals surface area (Å²) >= 11 is 0. The minimum Gasteiger partial charge on any atom is -0.383 e. The predicted octanol–water partition coefficient (Wildman–Crippen LogP) is 2.89. The van der Waals surface area contributed by atoms with E-state index in [-0.39, 0.29) is 5.78 Å². The first-order valence-electron chi connectivity index (χ1n) is 5.64. The van der Waals surface area contributed by atoms with Crippen molar-refractivity contribution in [1.29, 1.82) is 0 Å². The number of unbranched alkanes of at least 4 members (excludes halogenated alkanes) is 2. The SMILES string of the molecule is CCCCCC(=O)C1(COC)C=CC=C1. The third-order valence-electron chi connectivity index (χ3n) is 2.81. The van der Waals surface area contributed by atoms with Gasteiger partial charge in [-0.1, -0.05) is 44.1 Å². The second-order valence-corrected chi connectivity index (χ2v) is 4.07. The van der Waals surface area contributed by atoms with E-state index in [0.29, 0.717) is 13.0 Å². The number of rotatable bonds is 7. The van der Waals surface area contributed by atoms with Gasteiger partial charge >= 0.3 is 0 Å². The number of methoxy groups -OCH3 is 1. The number of carbonyl (C=O) groups excluding carboxylic acids is 1. The van der Waals surface area contributed by atoms with Crippen molar-refractivity contribution in [1.82, 2.24) is 0 Å². The maximum absolute atomic E-state index is 12.0. The Hall–Kier alpha value is -0.890. The largest absolute Gasteiger partial charge is 0.383 e. The van der Waals surface area contributed by atoms with Gasteiger partial charge in [0.25, 0.3) is 0 Å². The van der Waals surface area contributed by atoms with Crippen LogP contribution in [-0.2, 0) is 9.53 Å². The summed E-state index contributed by atoms with van der Waals surface area (Å²) in [4.78, 5) is 12.0. The summed E-state index contributed by atoms with van der Waals surface area (Å²) in [5.41, 5.74) is -0.470. The molecule has 0 heterocycles. The van der Waals surface area contributed by atoms with Crippen molar-refractivity contribution >= 4 is 5.78 Å². The molecular weight excluding hydrogens is 188 g/mol. The molecule has 0 aromatic rings. The standard InChI is InChI=1S/C13H20O2/c1-3-4-5-8-12(14)13(11-15-2)9-6-7-10-13/h6-7,9-10H,3-5,8,11H2,1-2H3. The highest BCUT2D eigenvalue weighted by Crippen LogP contribution is 2.29. The van der Waals surface area contributed by atoms with Gasteiger partial charge in [0.15, 0.2) is 0 Å². The van der Waals surface area contributed by atoms with Crippen molar-refractivity contribution in [3.63, 3.8) is 0 Å².